The molecule has 1 saturated carbocycles. The molecule has 3 rings (SSSR count). The second kappa shape index (κ2) is 12.0. The van der Waals surface area contributed by atoms with Crippen LogP contribution in [0.2, 0.25) is 0 Å². The van der Waals surface area contributed by atoms with Gasteiger partial charge < -0.3 is 25.4 Å². The minimum atomic E-state index is -1.82. The lowest BCUT2D eigenvalue weighted by Crippen LogP contribution is -2.37. The van der Waals surface area contributed by atoms with Crippen LogP contribution in [0.4, 0.5) is 0 Å². The Kier molecular flexibility index (Phi) is 9.40. The molecule has 0 radical (unpaired) electrons. The van der Waals surface area contributed by atoms with Crippen LogP contribution in [0.3, 0.4) is 0 Å². The van der Waals surface area contributed by atoms with Gasteiger partial charge >= 0.3 is 11.9 Å². The van der Waals surface area contributed by atoms with Gasteiger partial charge in [-0.2, -0.15) is 0 Å². The van der Waals surface area contributed by atoms with Crippen LogP contribution < -0.4 is 10.1 Å². The summed E-state index contributed by atoms with van der Waals surface area (Å²) >= 11 is 0. The maximum absolute atomic E-state index is 10.2. The molecular weight excluding hydrogens is 374 g/mol. The molecule has 2 aromatic rings. The Labute approximate surface area is 170 Å². The fourth-order valence-electron chi connectivity index (χ4n) is 3.35. The van der Waals surface area contributed by atoms with E-state index in [0.29, 0.717) is 19.2 Å². The number of hydrogen-bond acceptors (Lipinski definition) is 5. The Morgan fingerprint density at radius 3 is 2.24 bits per heavy atom. The molecule has 0 heterocycles. The molecule has 1 atom stereocenters. The molecule has 158 valence electrons. The normalized spacial score (nSPS) is 15.6. The Morgan fingerprint density at radius 1 is 0.966 bits per heavy atom. The first-order valence-electron chi connectivity index (χ1n) is 9.95. The molecule has 0 saturated heterocycles. The van der Waals surface area contributed by atoms with E-state index in [-0.39, 0.29) is 0 Å². The Morgan fingerprint density at radius 2 is 1.59 bits per heavy atom. The van der Waals surface area contributed by atoms with Crippen LogP contribution in [-0.4, -0.2) is 52.6 Å². The van der Waals surface area contributed by atoms with E-state index in [1.807, 2.05) is 24.3 Å². The van der Waals surface area contributed by atoms with Crippen molar-refractivity contribution in [2.45, 2.75) is 50.7 Å². The minimum absolute atomic E-state index is 0.327. The number of carboxylic acid groups (broad SMARTS) is 2. The molecule has 7 heteroatoms. The van der Waals surface area contributed by atoms with Crippen LogP contribution in [0.5, 0.6) is 5.75 Å². The highest BCUT2D eigenvalue weighted by Crippen LogP contribution is 2.25. The van der Waals surface area contributed by atoms with Crippen LogP contribution in [0.1, 0.15) is 38.5 Å². The number of aliphatic hydroxyl groups excluding tert-OH is 1. The zero-order valence-electron chi connectivity index (χ0n) is 16.4. The summed E-state index contributed by atoms with van der Waals surface area (Å²) in [6.45, 7) is 0.934. The summed E-state index contributed by atoms with van der Waals surface area (Å²) in [5.74, 6) is -2.80. The Balaban J connectivity index is 0.000000438. The maximum Gasteiger partial charge on any atom is 0.414 e. The average molecular weight is 403 g/mol. The van der Waals surface area contributed by atoms with Gasteiger partial charge in [0.25, 0.3) is 0 Å². The van der Waals surface area contributed by atoms with Gasteiger partial charge in [0.1, 0.15) is 18.5 Å². The van der Waals surface area contributed by atoms with Gasteiger partial charge in [-0.25, -0.2) is 9.59 Å². The topological polar surface area (TPSA) is 116 Å². The first-order valence-corrected chi connectivity index (χ1v) is 9.95. The van der Waals surface area contributed by atoms with Crippen molar-refractivity contribution in [3.8, 4) is 5.75 Å². The number of ether oxygens (including phenoxy) is 1. The van der Waals surface area contributed by atoms with E-state index in [1.165, 1.54) is 38.5 Å². The molecule has 7 nitrogen and oxygen atoms in total. The zero-order valence-corrected chi connectivity index (χ0v) is 16.4. The van der Waals surface area contributed by atoms with Gasteiger partial charge in [-0.1, -0.05) is 62.1 Å². The molecule has 0 spiro atoms. The van der Waals surface area contributed by atoms with Crippen molar-refractivity contribution in [1.82, 2.24) is 5.32 Å². The third-order valence-corrected chi connectivity index (χ3v) is 4.86. The van der Waals surface area contributed by atoms with Crippen molar-refractivity contribution in [3.63, 3.8) is 0 Å². The highest BCUT2D eigenvalue weighted by atomic mass is 16.5. The van der Waals surface area contributed by atoms with Gasteiger partial charge in [0.15, 0.2) is 0 Å². The number of benzene rings is 2. The third kappa shape index (κ3) is 8.09. The summed E-state index contributed by atoms with van der Waals surface area (Å²) in [5, 5.41) is 30.7. The lowest BCUT2D eigenvalue weighted by atomic mass is 10.1. The second-order valence-electron chi connectivity index (χ2n) is 7.15. The molecule has 4 N–H and O–H groups in total. The Bertz CT molecular complexity index is 768. The van der Waals surface area contributed by atoms with Gasteiger partial charge in [0.05, 0.1) is 0 Å². The number of carboxylic acids is 2. The molecule has 0 amide bonds. The predicted molar refractivity (Wildman–Crippen MR) is 110 cm³/mol. The molecule has 0 bridgehead atoms. The van der Waals surface area contributed by atoms with Crippen LogP contribution in [0, 0.1) is 0 Å². The van der Waals surface area contributed by atoms with Crippen molar-refractivity contribution in [3.05, 3.63) is 42.5 Å². The fraction of sp³-hybridized carbons (Fsp3) is 0.455. The summed E-state index contributed by atoms with van der Waals surface area (Å²) < 4.78 is 5.86. The van der Waals surface area contributed by atoms with E-state index in [4.69, 9.17) is 24.5 Å². The van der Waals surface area contributed by atoms with Crippen molar-refractivity contribution >= 4 is 22.7 Å². The molecule has 1 fully saturated rings. The Hall–Kier alpha value is -2.64. The zero-order chi connectivity index (χ0) is 21.1. The highest BCUT2D eigenvalue weighted by Gasteiger charge is 2.14. The maximum atomic E-state index is 10.2. The number of aliphatic hydroxyl groups is 1. The largest absolute Gasteiger partial charge is 0.490 e. The molecule has 2 aromatic carbocycles. The van der Waals surface area contributed by atoms with E-state index in [1.54, 1.807) is 0 Å². The van der Waals surface area contributed by atoms with Crippen molar-refractivity contribution in [2.24, 2.45) is 0 Å². The monoisotopic (exact) mass is 403 g/mol. The molecule has 29 heavy (non-hydrogen) atoms. The SMILES string of the molecule is O=C(O)C(=O)O.OC(CNC1CCCCCC1)COc1cccc2ccccc12. The van der Waals surface area contributed by atoms with Crippen molar-refractivity contribution in [1.29, 1.82) is 0 Å². The van der Waals surface area contributed by atoms with Crippen molar-refractivity contribution in [2.75, 3.05) is 13.2 Å². The number of rotatable bonds is 6. The number of fused-ring (bicyclic) bond motifs is 1. The fourth-order valence-corrected chi connectivity index (χ4v) is 3.35. The standard InChI is InChI=1S/C20H27NO2.C2H2O4/c22-18(14-21-17-10-3-1-2-4-11-17)15-23-20-13-7-9-16-8-5-6-12-19(16)20;3-1(4)2(5)6/h5-9,12-13,17-18,21-22H,1-4,10-11,14-15H2;(H,3,4)(H,5,6). The molecular formula is C22H29NO6. The summed E-state index contributed by atoms with van der Waals surface area (Å²) in [6.07, 6.45) is 7.31. The minimum Gasteiger partial charge on any atom is -0.490 e. The lowest BCUT2D eigenvalue weighted by Gasteiger charge is -2.19. The summed E-state index contributed by atoms with van der Waals surface area (Å²) in [4.78, 5) is 18.2. The van der Waals surface area contributed by atoms with E-state index < -0.39 is 18.0 Å². The van der Waals surface area contributed by atoms with Gasteiger partial charge in [0.2, 0.25) is 0 Å². The smallest absolute Gasteiger partial charge is 0.414 e. The number of hydrogen-bond donors (Lipinski definition) is 4. The van der Waals surface area contributed by atoms with Crippen LogP contribution in [-0.2, 0) is 9.59 Å². The van der Waals surface area contributed by atoms with Gasteiger partial charge in [-0.15, -0.1) is 0 Å². The number of nitrogens with one attached hydrogen (secondary N) is 1. The molecule has 1 aliphatic carbocycles. The van der Waals surface area contributed by atoms with Gasteiger partial charge in [0, 0.05) is 18.0 Å². The summed E-state index contributed by atoms with van der Waals surface area (Å²) in [5.41, 5.74) is 0. The average Bonchev–Trinajstić information content (AvgIpc) is 3.00. The number of carbonyl (C=O) groups is 2. The van der Waals surface area contributed by atoms with E-state index in [0.717, 1.165) is 16.5 Å². The first kappa shape index (κ1) is 22.6. The first-order chi connectivity index (χ1) is 14.0. The van der Waals surface area contributed by atoms with Crippen LogP contribution >= 0.6 is 0 Å². The van der Waals surface area contributed by atoms with Crippen LogP contribution in [0.15, 0.2) is 42.5 Å². The second-order valence-corrected chi connectivity index (χ2v) is 7.15. The summed E-state index contributed by atoms with van der Waals surface area (Å²) in [6, 6.07) is 14.8. The quantitative estimate of drug-likeness (QED) is 0.433. The predicted octanol–water partition coefficient (Wildman–Crippen LogP) is 3.05. The molecule has 1 unspecified atom stereocenters. The van der Waals surface area contributed by atoms with E-state index in [2.05, 4.69) is 23.5 Å². The van der Waals surface area contributed by atoms with Gasteiger partial charge in [-0.3, -0.25) is 0 Å². The lowest BCUT2D eigenvalue weighted by molar-refractivity contribution is -0.159. The van der Waals surface area contributed by atoms with Crippen molar-refractivity contribution < 1.29 is 29.6 Å². The molecule has 0 aliphatic heterocycles. The van der Waals surface area contributed by atoms with E-state index in [9.17, 15) is 5.11 Å². The molecule has 1 aliphatic rings. The number of aliphatic carboxylic acids is 2. The van der Waals surface area contributed by atoms with E-state index >= 15 is 0 Å². The van der Waals surface area contributed by atoms with Gasteiger partial charge in [-0.05, 0) is 24.3 Å². The summed E-state index contributed by atoms with van der Waals surface area (Å²) in [7, 11) is 0. The third-order valence-electron chi connectivity index (χ3n) is 4.86. The van der Waals surface area contributed by atoms with Crippen LogP contribution in [0.25, 0.3) is 10.8 Å². The highest BCUT2D eigenvalue weighted by molar-refractivity contribution is 6.27. The molecule has 0 aromatic heterocycles.